The first-order valence-corrected chi connectivity index (χ1v) is 8.05. The summed E-state index contributed by atoms with van der Waals surface area (Å²) < 4.78 is 14.1. The fourth-order valence-electron chi connectivity index (χ4n) is 2.60. The molecule has 1 fully saturated rings. The maximum absolute atomic E-state index is 14.1. The Bertz CT molecular complexity index is 611. The van der Waals surface area contributed by atoms with Crippen LogP contribution < -0.4 is 11.1 Å². The molecule has 1 aliphatic heterocycles. The van der Waals surface area contributed by atoms with Gasteiger partial charge in [-0.3, -0.25) is 4.98 Å². The van der Waals surface area contributed by atoms with E-state index < -0.39 is 0 Å². The van der Waals surface area contributed by atoms with Crippen LogP contribution in [0.4, 0.5) is 15.8 Å². The number of pyridine rings is 1. The highest BCUT2D eigenvalue weighted by Crippen LogP contribution is 2.30. The lowest BCUT2D eigenvalue weighted by Gasteiger charge is -2.22. The average molecular weight is 291 g/mol. The Morgan fingerprint density at radius 1 is 1.40 bits per heavy atom. The number of aromatic nitrogens is 1. The molecule has 0 aliphatic carbocycles. The zero-order valence-electron chi connectivity index (χ0n) is 11.2. The molecule has 20 heavy (non-hydrogen) atoms. The number of anilines is 2. The van der Waals surface area contributed by atoms with E-state index in [-0.39, 0.29) is 5.82 Å². The molecule has 2 heterocycles. The summed E-state index contributed by atoms with van der Waals surface area (Å²) in [5.41, 5.74) is 7.39. The number of rotatable bonds is 3. The van der Waals surface area contributed by atoms with Crippen molar-refractivity contribution in [3.8, 4) is 0 Å². The van der Waals surface area contributed by atoms with E-state index in [2.05, 4.69) is 10.3 Å². The molecule has 106 valence electrons. The molecule has 3 rings (SSSR count). The predicted octanol–water partition coefficient (Wildman–Crippen LogP) is 3.51. The first kappa shape index (κ1) is 13.5. The van der Waals surface area contributed by atoms with Gasteiger partial charge in [-0.2, -0.15) is 11.8 Å². The van der Waals surface area contributed by atoms with Crippen molar-refractivity contribution in [1.29, 1.82) is 0 Å². The Morgan fingerprint density at radius 2 is 2.20 bits per heavy atom. The first-order chi connectivity index (χ1) is 9.75. The van der Waals surface area contributed by atoms with Gasteiger partial charge in [0.25, 0.3) is 0 Å². The third kappa shape index (κ3) is 2.68. The molecule has 5 heteroatoms. The van der Waals surface area contributed by atoms with Crippen LogP contribution in [0.5, 0.6) is 0 Å². The molecule has 0 amide bonds. The van der Waals surface area contributed by atoms with Gasteiger partial charge in [-0.25, -0.2) is 4.39 Å². The minimum atomic E-state index is -0.320. The summed E-state index contributed by atoms with van der Waals surface area (Å²) in [6.45, 7) is 0.799. The summed E-state index contributed by atoms with van der Waals surface area (Å²) in [5, 5.41) is 4.05. The van der Waals surface area contributed by atoms with Crippen LogP contribution in [0.2, 0.25) is 0 Å². The van der Waals surface area contributed by atoms with E-state index in [0.29, 0.717) is 22.8 Å². The normalized spacial score (nSPS) is 16.4. The topological polar surface area (TPSA) is 50.9 Å². The second-order valence-corrected chi connectivity index (χ2v) is 6.38. The molecule has 0 spiro atoms. The predicted molar refractivity (Wildman–Crippen MR) is 84.7 cm³/mol. The van der Waals surface area contributed by atoms with E-state index in [0.717, 1.165) is 11.9 Å². The molecule has 1 saturated heterocycles. The number of nitrogens with two attached hydrogens (primary N) is 1. The lowest BCUT2D eigenvalue weighted by Crippen LogP contribution is -2.19. The molecule has 0 atom stereocenters. The number of nitrogen functional groups attached to an aromatic ring is 1. The van der Waals surface area contributed by atoms with Gasteiger partial charge in [0.05, 0.1) is 11.2 Å². The van der Waals surface area contributed by atoms with Gasteiger partial charge in [0.2, 0.25) is 0 Å². The van der Waals surface area contributed by atoms with E-state index in [1.54, 1.807) is 6.20 Å². The number of thioether (sulfide) groups is 1. The first-order valence-electron chi connectivity index (χ1n) is 6.90. The molecule has 0 bridgehead atoms. The van der Waals surface area contributed by atoms with Crippen LogP contribution in [0.3, 0.4) is 0 Å². The molecule has 1 aliphatic rings. The molecule has 3 nitrogen and oxygen atoms in total. The number of hydrogen-bond acceptors (Lipinski definition) is 4. The molecule has 2 aromatic rings. The summed E-state index contributed by atoms with van der Waals surface area (Å²) in [7, 11) is 0. The van der Waals surface area contributed by atoms with Crippen LogP contribution >= 0.6 is 11.8 Å². The molecular weight excluding hydrogens is 273 g/mol. The number of nitrogens with one attached hydrogen (secondary N) is 1. The van der Waals surface area contributed by atoms with Crippen molar-refractivity contribution in [1.82, 2.24) is 4.98 Å². The van der Waals surface area contributed by atoms with Crippen LogP contribution in [0.1, 0.15) is 12.8 Å². The van der Waals surface area contributed by atoms with Crippen molar-refractivity contribution < 1.29 is 4.39 Å². The number of nitrogens with zero attached hydrogens (tertiary/aromatic N) is 1. The van der Waals surface area contributed by atoms with Gasteiger partial charge in [-0.1, -0.05) is 0 Å². The van der Waals surface area contributed by atoms with Crippen LogP contribution in [-0.2, 0) is 0 Å². The summed E-state index contributed by atoms with van der Waals surface area (Å²) >= 11 is 2.00. The Labute approximate surface area is 122 Å². The highest BCUT2D eigenvalue weighted by atomic mass is 32.2. The number of fused-ring (bicyclic) bond motifs is 1. The zero-order chi connectivity index (χ0) is 13.9. The van der Waals surface area contributed by atoms with Crippen molar-refractivity contribution in [2.45, 2.75) is 12.8 Å². The summed E-state index contributed by atoms with van der Waals surface area (Å²) in [4.78, 5) is 4.28. The Kier molecular flexibility index (Phi) is 3.96. The van der Waals surface area contributed by atoms with Gasteiger partial charge >= 0.3 is 0 Å². The Morgan fingerprint density at radius 3 is 3.00 bits per heavy atom. The number of halogens is 1. The summed E-state index contributed by atoms with van der Waals surface area (Å²) in [5.74, 6) is 2.70. The monoisotopic (exact) mass is 291 g/mol. The minimum absolute atomic E-state index is 0.320. The van der Waals surface area contributed by atoms with Crippen molar-refractivity contribution in [3.63, 3.8) is 0 Å². The highest BCUT2D eigenvalue weighted by Gasteiger charge is 2.16. The van der Waals surface area contributed by atoms with Gasteiger partial charge in [0, 0.05) is 23.8 Å². The number of benzene rings is 1. The highest BCUT2D eigenvalue weighted by molar-refractivity contribution is 7.99. The van der Waals surface area contributed by atoms with Gasteiger partial charge in [-0.05, 0) is 48.5 Å². The van der Waals surface area contributed by atoms with Crippen LogP contribution in [0.25, 0.3) is 10.9 Å². The fourth-order valence-corrected chi connectivity index (χ4v) is 3.81. The second kappa shape index (κ2) is 5.87. The Balaban J connectivity index is 1.86. The molecule has 3 N–H and O–H groups in total. The van der Waals surface area contributed by atoms with Crippen LogP contribution in [0, 0.1) is 11.7 Å². The van der Waals surface area contributed by atoms with E-state index in [9.17, 15) is 4.39 Å². The third-order valence-electron chi connectivity index (χ3n) is 3.78. The zero-order valence-corrected chi connectivity index (χ0v) is 12.0. The summed E-state index contributed by atoms with van der Waals surface area (Å²) in [6, 6.07) is 5.07. The van der Waals surface area contributed by atoms with E-state index >= 15 is 0 Å². The van der Waals surface area contributed by atoms with Gasteiger partial charge < -0.3 is 11.1 Å². The molecular formula is C15H18FN3S. The Hall–Kier alpha value is -1.49. The lowest BCUT2D eigenvalue weighted by molar-refractivity contribution is 0.514. The number of hydrogen-bond donors (Lipinski definition) is 2. The quantitative estimate of drug-likeness (QED) is 0.850. The smallest absolute Gasteiger partial charge is 0.150 e. The van der Waals surface area contributed by atoms with E-state index in [4.69, 9.17) is 5.73 Å². The van der Waals surface area contributed by atoms with E-state index in [1.165, 1.54) is 30.4 Å². The third-order valence-corrected chi connectivity index (χ3v) is 4.83. The maximum Gasteiger partial charge on any atom is 0.150 e. The average Bonchev–Trinajstić information content (AvgIpc) is 2.48. The minimum Gasteiger partial charge on any atom is -0.398 e. The molecule has 0 saturated carbocycles. The van der Waals surface area contributed by atoms with Crippen LogP contribution in [0.15, 0.2) is 24.4 Å². The largest absolute Gasteiger partial charge is 0.398 e. The molecule has 0 unspecified atom stereocenters. The second-order valence-electron chi connectivity index (χ2n) is 5.16. The van der Waals surface area contributed by atoms with Crippen LogP contribution in [-0.4, -0.2) is 23.0 Å². The molecule has 1 aromatic carbocycles. The molecule has 0 radical (unpaired) electrons. The summed E-state index contributed by atoms with van der Waals surface area (Å²) in [6.07, 6.45) is 4.06. The van der Waals surface area contributed by atoms with Crippen molar-refractivity contribution >= 4 is 34.0 Å². The molecule has 1 aromatic heterocycles. The van der Waals surface area contributed by atoms with Crippen molar-refractivity contribution in [2.24, 2.45) is 5.92 Å². The van der Waals surface area contributed by atoms with Gasteiger partial charge in [0.15, 0.2) is 5.82 Å². The maximum atomic E-state index is 14.1. The van der Waals surface area contributed by atoms with Crippen molar-refractivity contribution in [3.05, 3.63) is 30.2 Å². The van der Waals surface area contributed by atoms with Gasteiger partial charge in [0.1, 0.15) is 0 Å². The van der Waals surface area contributed by atoms with E-state index in [1.807, 2.05) is 23.9 Å². The standard InChI is InChI=1S/C15H18FN3S/c16-12-8-13(17)11-2-1-5-18-14(11)15(12)19-9-10-3-6-20-7-4-10/h1-2,5,8,10,19H,3-4,6-7,9,17H2. The fraction of sp³-hybridized carbons (Fsp3) is 0.400. The van der Waals surface area contributed by atoms with Gasteiger partial charge in [-0.15, -0.1) is 0 Å². The van der Waals surface area contributed by atoms with Crippen molar-refractivity contribution in [2.75, 3.05) is 29.1 Å². The SMILES string of the molecule is Nc1cc(F)c(NCC2CCSCC2)c2ncccc12. The lowest BCUT2D eigenvalue weighted by atomic mass is 10.0.